The van der Waals surface area contributed by atoms with E-state index < -0.39 is 248 Å². The van der Waals surface area contributed by atoms with Crippen LogP contribution in [0.15, 0.2) is 85.2 Å². The second-order valence-corrected chi connectivity index (χ2v) is 35.0. The lowest BCUT2D eigenvalue weighted by Crippen LogP contribution is -2.62. The number of aliphatic hydroxyl groups is 2. The third-order valence-corrected chi connectivity index (χ3v) is 24.6. The summed E-state index contributed by atoms with van der Waals surface area (Å²) < 4.78 is 0. The lowest BCUT2D eigenvalue weighted by molar-refractivity contribution is -0.149. The van der Waals surface area contributed by atoms with E-state index in [0.717, 1.165) is 36.3 Å². The van der Waals surface area contributed by atoms with Crippen molar-refractivity contribution in [3.05, 3.63) is 102 Å². The Labute approximate surface area is 768 Å². The number of nitrogens with zero attached hydrogens (tertiary/aromatic N) is 5. The van der Waals surface area contributed by atoms with Crippen molar-refractivity contribution in [3.63, 3.8) is 0 Å². The number of H-pyrrole nitrogens is 2. The van der Waals surface area contributed by atoms with Crippen LogP contribution in [0.2, 0.25) is 0 Å². The molecule has 3 aromatic carbocycles. The van der Waals surface area contributed by atoms with Gasteiger partial charge in [0.1, 0.15) is 90.3 Å². The van der Waals surface area contributed by atoms with Crippen LogP contribution in [0.4, 0.5) is 0 Å². The Bertz CT molecular complexity index is 4950. The molecular formula is C88H127N23O20S. The lowest BCUT2D eigenvalue weighted by Gasteiger charge is -2.36. The molecule has 5 heterocycles. The van der Waals surface area contributed by atoms with Crippen LogP contribution in [0.1, 0.15) is 135 Å². The number of primary amides is 2. The van der Waals surface area contributed by atoms with Crippen LogP contribution in [0, 0.1) is 11.3 Å². The number of nitrogens with two attached hydrogens (primary N) is 4. The number of fused-ring (bicyclic) bond motifs is 4. The number of benzene rings is 3. The molecule has 15 atom stereocenters. The number of aromatic hydroxyl groups is 1. The standard InChI is InChI=1S/C88H127N23O20S/c1-9-11-24-67-80(124)99-58(23-17-31-94-88(92)93)76(120)106-66(75(119)97-42-72(91)116)45-132-46-73(117)98-61(34-49-27-29-52(113)30-28-49)83(127)107(6)48(5)74(118)101-63(38-71(90)115)85(129)110-32-18-26-68(110)81(125)104-64(39-89)78(122)102-60(33-47(3)4)86(130)111-43-53(114)37-70(111)82(126)100-59(35-50-40-95-56-21-15-13-19-54(50)56)77(121)105-65(44-112)79(123)103-62(36-51-41-96-57-22-16-14-20-55(51)57)84(128)109(8)69(25-12-10-2)87(131)108(67)7/h13-16,19-22,27-30,40-41,47-48,53,58-70,95-96,112-114H,9-12,17-18,23-26,31-39,42-46,89H2,1-8H3,(H2,90,115)(H2,91,116)(H,97,119)(H,98,117)(H,99,124)(H,100,126)(H,101,118)(H,102,122)(H,103,123)(H,104,125)(H,105,121)(H,106,120)(H4,92,93,94)/t48-,53+,58-,59-,60-,61-,62-,63-,64-,65-,66-,67-,68-,69-,70-/m0/s1. The van der Waals surface area contributed by atoms with Crippen LogP contribution in [0.3, 0.4) is 0 Å². The van der Waals surface area contributed by atoms with E-state index in [9.17, 15) is 63.3 Å². The number of likely N-dealkylation sites (N-methyl/N-ethyl adjacent to an activating group) is 3. The number of phenols is 1. The number of phenolic OH excluding ortho intramolecular Hbond substituents is 1. The maximum Gasteiger partial charge on any atom is 0.246 e. The van der Waals surface area contributed by atoms with Crippen molar-refractivity contribution in [2.75, 3.05) is 72.0 Å². The predicted molar refractivity (Wildman–Crippen MR) is 487 cm³/mol. The number of rotatable bonds is 25. The summed E-state index contributed by atoms with van der Waals surface area (Å²) in [5.74, 6) is -18.2. The monoisotopic (exact) mass is 1860 g/mol. The summed E-state index contributed by atoms with van der Waals surface area (Å²) in [7, 11) is 3.89. The number of carbonyl (C=O) groups is 17. The number of carbonyl (C=O) groups excluding carboxylic acids is 17. The number of nitrogens with one attached hydrogen (secondary N) is 14. The van der Waals surface area contributed by atoms with E-state index in [4.69, 9.17) is 28.3 Å². The zero-order valence-electron chi connectivity index (χ0n) is 75.5. The van der Waals surface area contributed by atoms with Gasteiger partial charge in [0.05, 0.1) is 31.4 Å². The molecule has 0 spiro atoms. The Balaban J connectivity index is 1.19. The van der Waals surface area contributed by atoms with Crippen molar-refractivity contribution < 1.29 is 96.8 Å². The van der Waals surface area contributed by atoms with Gasteiger partial charge in [0.25, 0.3) is 0 Å². The van der Waals surface area contributed by atoms with E-state index in [1.165, 1.54) is 52.3 Å². The Kier molecular flexibility index (Phi) is 39.4. The van der Waals surface area contributed by atoms with Gasteiger partial charge in [-0.15, -0.1) is 11.8 Å². The quantitative estimate of drug-likeness (QED) is 0.0151. The second-order valence-electron chi connectivity index (χ2n) is 33.9. The molecule has 43 nitrogen and oxygen atoms in total. The molecule has 0 aliphatic carbocycles. The van der Waals surface area contributed by atoms with Crippen molar-refractivity contribution in [1.82, 2.24) is 93.0 Å². The molecule has 3 fully saturated rings. The van der Waals surface area contributed by atoms with Crippen LogP contribution in [-0.4, -0.2) is 319 Å². The highest BCUT2D eigenvalue weighted by Crippen LogP contribution is 2.28. The Morgan fingerprint density at radius 2 is 1.07 bits per heavy atom. The second kappa shape index (κ2) is 49.9. The summed E-state index contributed by atoms with van der Waals surface area (Å²) in [6.07, 6.45) is 1.27. The summed E-state index contributed by atoms with van der Waals surface area (Å²) in [6.45, 7) is 5.38. The summed E-state index contributed by atoms with van der Waals surface area (Å²) in [5, 5.41) is 70.5. The lowest BCUT2D eigenvalue weighted by atomic mass is 10.00. The Hall–Kier alpha value is -13.0. The van der Waals surface area contributed by atoms with Gasteiger partial charge in [-0.3, -0.25) is 86.9 Å². The van der Waals surface area contributed by atoms with Crippen molar-refractivity contribution in [2.45, 2.75) is 228 Å². The summed E-state index contributed by atoms with van der Waals surface area (Å²) in [5.41, 5.74) is 25.6. The van der Waals surface area contributed by atoms with E-state index >= 15 is 33.6 Å². The van der Waals surface area contributed by atoms with Crippen molar-refractivity contribution in [3.8, 4) is 5.75 Å². The van der Waals surface area contributed by atoms with E-state index in [2.05, 4.69) is 68.5 Å². The molecule has 720 valence electrons. The first-order chi connectivity index (χ1) is 62.8. The fraction of sp³-hybridized carbons (Fsp3) is 0.545. The van der Waals surface area contributed by atoms with Crippen LogP contribution in [-0.2, 0) is 101 Å². The Morgan fingerprint density at radius 3 is 1.67 bits per heavy atom. The van der Waals surface area contributed by atoms with Gasteiger partial charge in [-0.05, 0) is 98.7 Å². The average Bonchev–Trinajstić information content (AvgIpc) is 1.60. The number of thioether (sulfide) groups is 1. The number of hydrogen-bond acceptors (Lipinski definition) is 23. The molecule has 44 heteroatoms. The zero-order chi connectivity index (χ0) is 96.9. The molecule has 25 N–H and O–H groups in total. The highest BCUT2D eigenvalue weighted by Gasteiger charge is 2.47. The summed E-state index contributed by atoms with van der Waals surface area (Å²) in [6, 6.07) is -2.30. The van der Waals surface area contributed by atoms with Crippen molar-refractivity contribution >= 4 is 140 Å². The number of amides is 17. The number of aliphatic hydroxyl groups excluding tert-OH is 2. The molecule has 3 aliphatic heterocycles. The fourth-order valence-corrected chi connectivity index (χ4v) is 17.1. The van der Waals surface area contributed by atoms with Gasteiger partial charge in [-0.1, -0.05) is 102 Å². The number of unbranched alkanes of at least 4 members (excludes halogenated alkanes) is 2. The molecular weight excluding hydrogens is 1730 g/mol. The highest BCUT2D eigenvalue weighted by molar-refractivity contribution is 8.00. The van der Waals surface area contributed by atoms with E-state index in [1.54, 1.807) is 74.8 Å². The third kappa shape index (κ3) is 29.0. The number of hydrogen-bond donors (Lipinski definition) is 21. The summed E-state index contributed by atoms with van der Waals surface area (Å²) in [4.78, 5) is 260. The summed E-state index contributed by atoms with van der Waals surface area (Å²) >= 11 is 0.759. The molecule has 0 bridgehead atoms. The minimum Gasteiger partial charge on any atom is -0.508 e. The Morgan fingerprint density at radius 1 is 0.545 bits per heavy atom. The topological polar surface area (TPSA) is 659 Å². The van der Waals surface area contributed by atoms with Gasteiger partial charge < -0.3 is 131 Å². The van der Waals surface area contributed by atoms with Gasteiger partial charge in [0.15, 0.2) is 5.96 Å². The highest BCUT2D eigenvalue weighted by atomic mass is 32.2. The first-order valence-electron chi connectivity index (χ1n) is 44.3. The number of aromatic amines is 2. The largest absolute Gasteiger partial charge is 0.508 e. The first-order valence-corrected chi connectivity index (χ1v) is 45.4. The van der Waals surface area contributed by atoms with E-state index in [1.807, 2.05) is 13.8 Å². The molecule has 3 saturated heterocycles. The van der Waals surface area contributed by atoms with Gasteiger partial charge in [0.2, 0.25) is 100 Å². The van der Waals surface area contributed by atoms with Crippen molar-refractivity contribution in [2.24, 2.45) is 28.9 Å². The van der Waals surface area contributed by atoms with Gasteiger partial charge in [-0.2, -0.15) is 0 Å². The molecule has 0 radical (unpaired) electrons. The maximum absolute atomic E-state index is 15.7. The number of para-hydroxylation sites is 2. The molecule has 132 heavy (non-hydrogen) atoms. The smallest absolute Gasteiger partial charge is 0.246 e. The molecule has 3 aliphatic rings. The first kappa shape index (κ1) is 104. The van der Waals surface area contributed by atoms with Gasteiger partial charge >= 0.3 is 0 Å². The van der Waals surface area contributed by atoms with Crippen molar-refractivity contribution in [1.29, 1.82) is 5.41 Å². The average molecular weight is 1860 g/mol. The molecule has 0 saturated carbocycles. The van der Waals surface area contributed by atoms with Crippen LogP contribution < -0.4 is 81.4 Å². The molecule has 17 amide bonds. The molecule has 8 rings (SSSR count). The third-order valence-electron chi connectivity index (χ3n) is 23.6. The SMILES string of the molecule is CCCC[C@H]1C(=O)N(C)[C@@H](CCCC)C(=O)N[C@@H](CCCNC(=N)N)C(=O)N[C@H](C(=O)NCC(N)=O)CSCC(=O)N[C@@H](Cc2ccc(O)cc2)C(=O)N(C)[C@@H](C)C(=O)N[C@@H](CC(N)=O)C(=O)N2CCC[C@H]2C(=O)N[C@@H](CN)C(=O)N[C@@H](CC(C)C)C(=O)N2C[C@H](O)C[C@H]2C(=O)N[C@@H](Cc2c[nH]c3ccccc23)C(=O)N[C@@H](CO)C(=O)N[C@@H](Cc2c[nH]c3ccccc23)C(=O)N1C. The van der Waals surface area contributed by atoms with Gasteiger partial charge in [-0.25, -0.2) is 0 Å². The normalized spacial score (nSPS) is 25.1. The van der Waals surface area contributed by atoms with Gasteiger partial charge in [0, 0.05) is 113 Å². The molecule has 2 aromatic heterocycles. The van der Waals surface area contributed by atoms with Crippen LogP contribution in [0.5, 0.6) is 5.75 Å². The molecule has 5 aromatic rings. The van der Waals surface area contributed by atoms with E-state index in [0.29, 0.717) is 64.2 Å². The number of aromatic nitrogens is 2. The number of guanidine groups is 1. The minimum absolute atomic E-state index is 0.0117. The zero-order valence-corrected chi connectivity index (χ0v) is 76.3. The van der Waals surface area contributed by atoms with E-state index in [-0.39, 0.29) is 89.0 Å². The fourth-order valence-electron chi connectivity index (χ4n) is 16.2. The molecule has 0 unspecified atom stereocenters. The minimum atomic E-state index is -1.89. The maximum atomic E-state index is 15.7. The van der Waals surface area contributed by atoms with Crippen LogP contribution in [0.25, 0.3) is 21.8 Å². The van der Waals surface area contributed by atoms with Crippen LogP contribution >= 0.6 is 11.8 Å². The predicted octanol–water partition coefficient (Wildman–Crippen LogP) is -3.94.